The van der Waals surface area contributed by atoms with Gasteiger partial charge in [0.2, 0.25) is 0 Å². The third kappa shape index (κ3) is 2.85. The van der Waals surface area contributed by atoms with Crippen molar-refractivity contribution in [2.75, 3.05) is 7.05 Å². The van der Waals surface area contributed by atoms with E-state index in [1.54, 1.807) is 17.9 Å². The second-order valence-electron chi connectivity index (χ2n) is 4.59. The Kier molecular flexibility index (Phi) is 4.44. The molecule has 0 aliphatic carbocycles. The summed E-state index contributed by atoms with van der Waals surface area (Å²) in [6, 6.07) is 3.70. The normalized spacial score (nSPS) is 12.7. The Hall–Kier alpha value is -1.82. The molecule has 108 valence electrons. The molecule has 0 saturated carbocycles. The van der Waals surface area contributed by atoms with Crippen molar-refractivity contribution in [2.45, 2.75) is 18.9 Å². The van der Waals surface area contributed by atoms with Crippen molar-refractivity contribution in [2.24, 2.45) is 7.05 Å². The zero-order valence-corrected chi connectivity index (χ0v) is 11.3. The Morgan fingerprint density at radius 2 is 1.95 bits per heavy atom. The van der Waals surface area contributed by atoms with E-state index < -0.39 is 17.5 Å². The molecular formula is C14H16F3N3. The molecule has 6 heteroatoms. The van der Waals surface area contributed by atoms with Crippen molar-refractivity contribution in [1.82, 2.24) is 15.1 Å². The SMILES string of the molecule is CNC(CCc1ccnn1C)c1ccc(F)c(F)c1F. The van der Waals surface area contributed by atoms with E-state index in [1.807, 2.05) is 13.1 Å². The molecule has 0 saturated heterocycles. The molecule has 0 aliphatic heterocycles. The van der Waals surface area contributed by atoms with Gasteiger partial charge in [-0.2, -0.15) is 5.10 Å². The first-order chi connectivity index (χ1) is 9.54. The summed E-state index contributed by atoms with van der Waals surface area (Å²) in [5.74, 6) is -3.73. The average Bonchev–Trinajstić information content (AvgIpc) is 2.84. The van der Waals surface area contributed by atoms with Gasteiger partial charge in [-0.05, 0) is 32.0 Å². The van der Waals surface area contributed by atoms with Crippen LogP contribution in [0.4, 0.5) is 13.2 Å². The van der Waals surface area contributed by atoms with Crippen LogP contribution in [-0.2, 0) is 13.5 Å². The maximum absolute atomic E-state index is 13.8. The van der Waals surface area contributed by atoms with Crippen LogP contribution in [0.5, 0.6) is 0 Å². The number of hydrogen-bond acceptors (Lipinski definition) is 2. The molecule has 1 atom stereocenters. The van der Waals surface area contributed by atoms with E-state index in [0.717, 1.165) is 11.8 Å². The number of aromatic nitrogens is 2. The quantitative estimate of drug-likeness (QED) is 0.855. The number of benzene rings is 1. The molecule has 1 aromatic heterocycles. The summed E-state index contributed by atoms with van der Waals surface area (Å²) in [7, 11) is 3.48. The zero-order chi connectivity index (χ0) is 14.7. The molecule has 1 unspecified atom stereocenters. The third-order valence-electron chi connectivity index (χ3n) is 3.40. The zero-order valence-electron chi connectivity index (χ0n) is 11.3. The van der Waals surface area contributed by atoms with Crippen LogP contribution in [0.2, 0.25) is 0 Å². The van der Waals surface area contributed by atoms with Gasteiger partial charge in [0.15, 0.2) is 17.5 Å². The number of aryl methyl sites for hydroxylation is 2. The number of halogens is 3. The Balaban J connectivity index is 2.16. The lowest BCUT2D eigenvalue weighted by molar-refractivity contribution is 0.423. The Morgan fingerprint density at radius 1 is 1.20 bits per heavy atom. The van der Waals surface area contributed by atoms with E-state index in [2.05, 4.69) is 10.4 Å². The molecular weight excluding hydrogens is 267 g/mol. The lowest BCUT2D eigenvalue weighted by atomic mass is 10.00. The molecule has 0 fully saturated rings. The van der Waals surface area contributed by atoms with E-state index in [0.29, 0.717) is 12.8 Å². The van der Waals surface area contributed by atoms with Crippen LogP contribution < -0.4 is 5.32 Å². The minimum Gasteiger partial charge on any atom is -0.313 e. The van der Waals surface area contributed by atoms with Gasteiger partial charge in [0.25, 0.3) is 0 Å². The number of nitrogens with one attached hydrogen (secondary N) is 1. The maximum Gasteiger partial charge on any atom is 0.194 e. The van der Waals surface area contributed by atoms with Gasteiger partial charge >= 0.3 is 0 Å². The van der Waals surface area contributed by atoms with Crippen LogP contribution in [0.1, 0.15) is 23.7 Å². The summed E-state index contributed by atoms with van der Waals surface area (Å²) in [5.41, 5.74) is 1.13. The van der Waals surface area contributed by atoms with Gasteiger partial charge in [-0.3, -0.25) is 4.68 Å². The molecule has 0 amide bonds. The summed E-state index contributed by atoms with van der Waals surface area (Å²) < 4.78 is 41.7. The summed E-state index contributed by atoms with van der Waals surface area (Å²) in [6.07, 6.45) is 2.89. The first-order valence-electron chi connectivity index (χ1n) is 6.32. The van der Waals surface area contributed by atoms with E-state index in [1.165, 1.54) is 6.07 Å². The number of nitrogens with zero attached hydrogens (tertiary/aromatic N) is 2. The van der Waals surface area contributed by atoms with Crippen molar-refractivity contribution in [3.05, 3.63) is 53.1 Å². The molecule has 2 rings (SSSR count). The highest BCUT2D eigenvalue weighted by molar-refractivity contribution is 5.24. The summed E-state index contributed by atoms with van der Waals surface area (Å²) in [4.78, 5) is 0. The van der Waals surface area contributed by atoms with Crippen LogP contribution in [0.25, 0.3) is 0 Å². The molecule has 1 N–H and O–H groups in total. The highest BCUT2D eigenvalue weighted by Crippen LogP contribution is 2.24. The van der Waals surface area contributed by atoms with E-state index in [-0.39, 0.29) is 11.6 Å². The van der Waals surface area contributed by atoms with Gasteiger partial charge in [0.05, 0.1) is 0 Å². The molecule has 3 nitrogen and oxygen atoms in total. The van der Waals surface area contributed by atoms with Gasteiger partial charge in [0.1, 0.15) is 0 Å². The fraction of sp³-hybridized carbons (Fsp3) is 0.357. The second kappa shape index (κ2) is 6.09. The maximum atomic E-state index is 13.8. The lowest BCUT2D eigenvalue weighted by Crippen LogP contribution is -2.19. The first-order valence-corrected chi connectivity index (χ1v) is 6.32. The van der Waals surface area contributed by atoms with E-state index >= 15 is 0 Å². The van der Waals surface area contributed by atoms with Crippen molar-refractivity contribution in [1.29, 1.82) is 0 Å². The molecule has 20 heavy (non-hydrogen) atoms. The molecule has 1 heterocycles. The second-order valence-corrected chi connectivity index (χ2v) is 4.59. The minimum absolute atomic E-state index is 0.133. The van der Waals surface area contributed by atoms with E-state index in [4.69, 9.17) is 0 Å². The Morgan fingerprint density at radius 3 is 2.55 bits per heavy atom. The van der Waals surface area contributed by atoms with Gasteiger partial charge in [-0.15, -0.1) is 0 Å². The van der Waals surface area contributed by atoms with Crippen LogP contribution in [0, 0.1) is 17.5 Å². The predicted octanol–water partition coefficient (Wildman–Crippen LogP) is 2.73. The summed E-state index contributed by atoms with van der Waals surface area (Å²) >= 11 is 0. The molecule has 0 radical (unpaired) electrons. The average molecular weight is 283 g/mol. The number of hydrogen-bond donors (Lipinski definition) is 1. The summed E-state index contributed by atoms with van der Waals surface area (Å²) in [5, 5.41) is 6.98. The third-order valence-corrected chi connectivity index (χ3v) is 3.40. The highest BCUT2D eigenvalue weighted by atomic mass is 19.2. The van der Waals surface area contributed by atoms with Crippen LogP contribution >= 0.6 is 0 Å². The van der Waals surface area contributed by atoms with Gasteiger partial charge in [-0.1, -0.05) is 6.07 Å². The van der Waals surface area contributed by atoms with Crippen LogP contribution in [0.15, 0.2) is 24.4 Å². The van der Waals surface area contributed by atoms with Crippen molar-refractivity contribution >= 4 is 0 Å². The monoisotopic (exact) mass is 283 g/mol. The first kappa shape index (κ1) is 14.6. The standard InChI is InChI=1S/C14H16F3N3/c1-18-12(6-3-9-7-8-19-20(9)2)10-4-5-11(15)14(17)13(10)16/h4-5,7-8,12,18H,3,6H2,1-2H3. The lowest BCUT2D eigenvalue weighted by Gasteiger charge is -2.17. The predicted molar refractivity (Wildman–Crippen MR) is 69.6 cm³/mol. The molecule has 2 aromatic rings. The van der Waals surface area contributed by atoms with Gasteiger partial charge < -0.3 is 5.32 Å². The van der Waals surface area contributed by atoms with Crippen LogP contribution in [-0.4, -0.2) is 16.8 Å². The fourth-order valence-electron chi connectivity index (χ4n) is 2.20. The van der Waals surface area contributed by atoms with Crippen molar-refractivity contribution in [3.8, 4) is 0 Å². The smallest absolute Gasteiger partial charge is 0.194 e. The Bertz CT molecular complexity index is 595. The highest BCUT2D eigenvalue weighted by Gasteiger charge is 2.20. The van der Waals surface area contributed by atoms with Crippen molar-refractivity contribution < 1.29 is 13.2 Å². The van der Waals surface area contributed by atoms with Gasteiger partial charge in [-0.25, -0.2) is 13.2 Å². The minimum atomic E-state index is -1.43. The molecule has 0 bridgehead atoms. The largest absolute Gasteiger partial charge is 0.313 e. The summed E-state index contributed by atoms with van der Waals surface area (Å²) in [6.45, 7) is 0. The topological polar surface area (TPSA) is 29.9 Å². The molecule has 0 aliphatic rings. The van der Waals surface area contributed by atoms with Crippen LogP contribution in [0.3, 0.4) is 0 Å². The van der Waals surface area contributed by atoms with Crippen molar-refractivity contribution in [3.63, 3.8) is 0 Å². The van der Waals surface area contributed by atoms with Gasteiger partial charge in [0, 0.05) is 30.5 Å². The molecule has 0 spiro atoms. The Labute approximate surface area is 115 Å². The fourth-order valence-corrected chi connectivity index (χ4v) is 2.20. The number of rotatable bonds is 5. The molecule has 1 aromatic carbocycles. The van der Waals surface area contributed by atoms with E-state index in [9.17, 15) is 13.2 Å².